The fourth-order valence-corrected chi connectivity index (χ4v) is 3.64. The van der Waals surface area contributed by atoms with Crippen LogP contribution in [0.3, 0.4) is 0 Å². The number of hydrogen-bond donors (Lipinski definition) is 2. The highest BCUT2D eigenvalue weighted by molar-refractivity contribution is 5.80. The summed E-state index contributed by atoms with van der Waals surface area (Å²) < 4.78 is 0. The molecule has 0 aliphatic carbocycles. The molecule has 2 rings (SSSR count). The third-order valence-corrected chi connectivity index (χ3v) is 4.72. The summed E-state index contributed by atoms with van der Waals surface area (Å²) in [5.41, 5.74) is 5.28. The van der Waals surface area contributed by atoms with Gasteiger partial charge in [-0.1, -0.05) is 41.5 Å². The quantitative estimate of drug-likeness (QED) is 0.447. The van der Waals surface area contributed by atoms with E-state index in [-0.39, 0.29) is 0 Å². The van der Waals surface area contributed by atoms with Crippen molar-refractivity contribution in [3.8, 4) is 0 Å². The van der Waals surface area contributed by atoms with Gasteiger partial charge in [0.15, 0.2) is 5.96 Å². The second-order valence-corrected chi connectivity index (χ2v) is 7.66. The minimum atomic E-state index is 0.510. The van der Waals surface area contributed by atoms with Crippen LogP contribution in [0, 0.1) is 13.8 Å². The maximum atomic E-state index is 4.80. The Balaban J connectivity index is 1.84. The molecule has 0 atom stereocenters. The minimum absolute atomic E-state index is 0.510. The maximum Gasteiger partial charge on any atom is 0.191 e. The van der Waals surface area contributed by atoms with Gasteiger partial charge in [-0.15, -0.1) is 0 Å². The SMILES string of the molecule is C=C(C)CN1CCC(NC(=NCCc2cc(C)cc(C)c2)NCC)CC1. The molecule has 1 heterocycles. The van der Waals surface area contributed by atoms with Gasteiger partial charge in [0.05, 0.1) is 0 Å². The van der Waals surface area contributed by atoms with E-state index in [4.69, 9.17) is 4.99 Å². The third-order valence-electron chi connectivity index (χ3n) is 4.72. The number of likely N-dealkylation sites (tertiary alicyclic amines) is 1. The van der Waals surface area contributed by atoms with Crippen LogP contribution < -0.4 is 10.6 Å². The van der Waals surface area contributed by atoms with Gasteiger partial charge in [-0.2, -0.15) is 0 Å². The van der Waals surface area contributed by atoms with E-state index in [1.54, 1.807) is 0 Å². The lowest BCUT2D eigenvalue weighted by Crippen LogP contribution is -2.48. The molecule has 4 heteroatoms. The molecular formula is C22H36N4. The molecule has 144 valence electrons. The van der Waals surface area contributed by atoms with Crippen molar-refractivity contribution in [3.63, 3.8) is 0 Å². The Labute approximate surface area is 159 Å². The van der Waals surface area contributed by atoms with Crippen LogP contribution in [0.2, 0.25) is 0 Å². The third kappa shape index (κ3) is 7.20. The van der Waals surface area contributed by atoms with Crippen LogP contribution in [0.25, 0.3) is 0 Å². The number of guanidine groups is 1. The minimum Gasteiger partial charge on any atom is -0.357 e. The number of aliphatic imine (C=N–C) groups is 1. The topological polar surface area (TPSA) is 39.7 Å². The van der Waals surface area contributed by atoms with Crippen LogP contribution in [0.4, 0.5) is 0 Å². The second-order valence-electron chi connectivity index (χ2n) is 7.66. The molecule has 2 N–H and O–H groups in total. The van der Waals surface area contributed by atoms with Crippen molar-refractivity contribution in [2.75, 3.05) is 32.7 Å². The largest absolute Gasteiger partial charge is 0.357 e. The lowest BCUT2D eigenvalue weighted by Gasteiger charge is -2.33. The zero-order valence-electron chi connectivity index (χ0n) is 17.1. The molecule has 1 aliphatic heterocycles. The van der Waals surface area contributed by atoms with E-state index in [1.165, 1.54) is 22.3 Å². The molecule has 1 aromatic rings. The summed E-state index contributed by atoms with van der Waals surface area (Å²) in [5, 5.41) is 7.02. The maximum absolute atomic E-state index is 4.80. The van der Waals surface area contributed by atoms with Crippen LogP contribution in [0.1, 0.15) is 43.4 Å². The monoisotopic (exact) mass is 356 g/mol. The Morgan fingerprint density at radius 2 is 1.85 bits per heavy atom. The van der Waals surface area contributed by atoms with Crippen LogP contribution >= 0.6 is 0 Å². The number of nitrogens with zero attached hydrogens (tertiary/aromatic N) is 2. The van der Waals surface area contributed by atoms with E-state index >= 15 is 0 Å². The lowest BCUT2D eigenvalue weighted by atomic mass is 10.0. The molecule has 1 saturated heterocycles. The van der Waals surface area contributed by atoms with Gasteiger partial charge in [-0.3, -0.25) is 9.89 Å². The van der Waals surface area contributed by atoms with Crippen LogP contribution in [-0.2, 0) is 6.42 Å². The average Bonchev–Trinajstić information content (AvgIpc) is 2.55. The Morgan fingerprint density at radius 1 is 1.19 bits per heavy atom. The van der Waals surface area contributed by atoms with Crippen LogP contribution in [0.15, 0.2) is 35.3 Å². The Morgan fingerprint density at radius 3 is 2.42 bits per heavy atom. The normalized spacial score (nSPS) is 16.5. The summed E-state index contributed by atoms with van der Waals surface area (Å²) in [5.74, 6) is 0.954. The highest BCUT2D eigenvalue weighted by atomic mass is 15.2. The Bertz CT molecular complexity index is 592. The van der Waals surface area contributed by atoms with E-state index in [0.717, 1.165) is 57.9 Å². The van der Waals surface area contributed by atoms with Crippen molar-refractivity contribution in [3.05, 3.63) is 47.0 Å². The summed E-state index contributed by atoms with van der Waals surface area (Å²) in [6.45, 7) is 17.6. The van der Waals surface area contributed by atoms with Gasteiger partial charge in [0.1, 0.15) is 0 Å². The van der Waals surface area contributed by atoms with Crippen LogP contribution in [0.5, 0.6) is 0 Å². The first-order chi connectivity index (χ1) is 12.5. The first-order valence-corrected chi connectivity index (χ1v) is 9.95. The van der Waals surface area contributed by atoms with Gasteiger partial charge in [0, 0.05) is 38.8 Å². The smallest absolute Gasteiger partial charge is 0.191 e. The Hall–Kier alpha value is -1.81. The van der Waals surface area contributed by atoms with E-state index in [2.05, 4.69) is 68.0 Å². The van der Waals surface area contributed by atoms with Crippen molar-refractivity contribution >= 4 is 5.96 Å². The Kier molecular flexibility index (Phi) is 8.17. The predicted molar refractivity (Wildman–Crippen MR) is 113 cm³/mol. The summed E-state index contributed by atoms with van der Waals surface area (Å²) in [4.78, 5) is 7.29. The number of piperidine rings is 1. The zero-order valence-corrected chi connectivity index (χ0v) is 17.1. The van der Waals surface area contributed by atoms with Crippen molar-refractivity contribution in [1.29, 1.82) is 0 Å². The average molecular weight is 357 g/mol. The van der Waals surface area contributed by atoms with Crippen LogP contribution in [-0.4, -0.2) is 49.6 Å². The van der Waals surface area contributed by atoms with Crippen molar-refractivity contribution in [1.82, 2.24) is 15.5 Å². The number of hydrogen-bond acceptors (Lipinski definition) is 2. The number of aryl methyl sites for hydroxylation is 2. The molecule has 0 amide bonds. The highest BCUT2D eigenvalue weighted by Crippen LogP contribution is 2.12. The molecule has 4 nitrogen and oxygen atoms in total. The molecule has 0 aromatic heterocycles. The van der Waals surface area contributed by atoms with Gasteiger partial charge in [-0.05, 0) is 52.5 Å². The van der Waals surface area contributed by atoms with Gasteiger partial charge < -0.3 is 10.6 Å². The highest BCUT2D eigenvalue weighted by Gasteiger charge is 2.19. The van der Waals surface area contributed by atoms with Crippen molar-refractivity contribution in [2.45, 2.75) is 53.0 Å². The molecule has 0 saturated carbocycles. The number of nitrogens with one attached hydrogen (secondary N) is 2. The molecule has 26 heavy (non-hydrogen) atoms. The van der Waals surface area contributed by atoms with Crippen molar-refractivity contribution < 1.29 is 0 Å². The fourth-order valence-electron chi connectivity index (χ4n) is 3.64. The van der Waals surface area contributed by atoms with E-state index in [9.17, 15) is 0 Å². The number of rotatable bonds is 7. The molecular weight excluding hydrogens is 320 g/mol. The molecule has 1 aromatic carbocycles. The fraction of sp³-hybridized carbons (Fsp3) is 0.591. The standard InChI is InChI=1S/C22H36N4/c1-6-23-22(24-10-7-20-14-18(4)13-19(5)15-20)25-21-8-11-26(12-9-21)16-17(2)3/h13-15,21H,2,6-12,16H2,1,3-5H3,(H2,23,24,25). The molecule has 0 spiro atoms. The second kappa shape index (κ2) is 10.4. The molecule has 0 unspecified atom stereocenters. The zero-order chi connectivity index (χ0) is 18.9. The van der Waals surface area contributed by atoms with E-state index < -0.39 is 0 Å². The van der Waals surface area contributed by atoms with E-state index in [1.807, 2.05) is 0 Å². The summed E-state index contributed by atoms with van der Waals surface area (Å²) in [6, 6.07) is 7.26. The summed E-state index contributed by atoms with van der Waals surface area (Å²) >= 11 is 0. The van der Waals surface area contributed by atoms with Gasteiger partial charge in [-0.25, -0.2) is 0 Å². The molecule has 1 fully saturated rings. The van der Waals surface area contributed by atoms with Gasteiger partial charge >= 0.3 is 0 Å². The van der Waals surface area contributed by atoms with Gasteiger partial charge in [0.2, 0.25) is 0 Å². The molecule has 0 radical (unpaired) electrons. The molecule has 0 bridgehead atoms. The summed E-state index contributed by atoms with van der Waals surface area (Å²) in [7, 11) is 0. The molecule has 1 aliphatic rings. The number of benzene rings is 1. The predicted octanol–water partition coefficient (Wildman–Crippen LogP) is 3.44. The van der Waals surface area contributed by atoms with E-state index in [0.29, 0.717) is 6.04 Å². The van der Waals surface area contributed by atoms with Crippen molar-refractivity contribution in [2.24, 2.45) is 4.99 Å². The van der Waals surface area contributed by atoms with Gasteiger partial charge in [0.25, 0.3) is 0 Å². The first-order valence-electron chi connectivity index (χ1n) is 9.95. The first kappa shape index (κ1) is 20.5. The lowest BCUT2D eigenvalue weighted by molar-refractivity contribution is 0.221. The summed E-state index contributed by atoms with van der Waals surface area (Å²) in [6.07, 6.45) is 3.31.